The van der Waals surface area contributed by atoms with Crippen LogP contribution in [-0.4, -0.2) is 44.8 Å². The van der Waals surface area contributed by atoms with Gasteiger partial charge >= 0.3 is 0 Å². The molecular weight excluding hydrogens is 404 g/mol. The van der Waals surface area contributed by atoms with E-state index in [1.807, 2.05) is 30.0 Å². The number of aromatic nitrogens is 3. The number of hydrogen-bond donors (Lipinski definition) is 1. The average Bonchev–Trinajstić information content (AvgIpc) is 3.16. The number of carbonyl (C=O) groups excluding carboxylic acids is 1. The van der Waals surface area contributed by atoms with E-state index in [0.29, 0.717) is 13.1 Å². The fraction of sp³-hybridized carbons (Fsp3) is 0.318. The number of amides is 1. The highest BCUT2D eigenvalue weighted by atomic mass is 19.1. The quantitative estimate of drug-likeness (QED) is 0.657. The van der Waals surface area contributed by atoms with Crippen molar-refractivity contribution in [3.8, 4) is 11.4 Å². The number of anilines is 2. The summed E-state index contributed by atoms with van der Waals surface area (Å²) in [6, 6.07) is 8.89. The van der Waals surface area contributed by atoms with Crippen LogP contribution in [0.4, 0.5) is 20.4 Å². The summed E-state index contributed by atoms with van der Waals surface area (Å²) < 4.78 is 34.4. The summed E-state index contributed by atoms with van der Waals surface area (Å²) >= 11 is 0. The second-order valence-corrected chi connectivity index (χ2v) is 7.62. The van der Waals surface area contributed by atoms with Gasteiger partial charge in [0.25, 0.3) is 0 Å². The van der Waals surface area contributed by atoms with E-state index < -0.39 is 11.6 Å². The highest BCUT2D eigenvalue weighted by Crippen LogP contribution is 2.26. The molecule has 1 aromatic heterocycles. The molecule has 1 saturated heterocycles. The van der Waals surface area contributed by atoms with Gasteiger partial charge in [-0.1, -0.05) is 0 Å². The van der Waals surface area contributed by atoms with E-state index in [-0.39, 0.29) is 25.1 Å². The van der Waals surface area contributed by atoms with Crippen LogP contribution in [0, 0.1) is 18.6 Å². The number of benzene rings is 2. The van der Waals surface area contributed by atoms with Crippen molar-refractivity contribution in [2.75, 3.05) is 18.4 Å². The summed E-state index contributed by atoms with van der Waals surface area (Å²) in [5.74, 6) is -0.274. The maximum Gasteiger partial charge on any atom is 0.246 e. The molecule has 7 nitrogen and oxygen atoms in total. The van der Waals surface area contributed by atoms with Gasteiger partial charge in [-0.05, 0) is 36.8 Å². The fourth-order valence-corrected chi connectivity index (χ4v) is 3.61. The lowest BCUT2D eigenvalue weighted by atomic mass is 10.1. The highest BCUT2D eigenvalue weighted by molar-refractivity contribution is 5.73. The monoisotopic (exact) mass is 429 g/mol. The van der Waals surface area contributed by atoms with Crippen molar-refractivity contribution < 1.29 is 19.7 Å². The van der Waals surface area contributed by atoms with E-state index in [2.05, 4.69) is 15.4 Å². The van der Waals surface area contributed by atoms with E-state index in [4.69, 9.17) is 4.74 Å². The summed E-state index contributed by atoms with van der Waals surface area (Å²) in [5.41, 5.74) is 1.97. The normalized spacial score (nSPS) is 14.5. The Labute approximate surface area is 180 Å². The maximum absolute atomic E-state index is 13.5. The molecule has 1 fully saturated rings. The van der Waals surface area contributed by atoms with Gasteiger partial charge in [0.15, 0.2) is 0 Å². The van der Waals surface area contributed by atoms with Gasteiger partial charge in [-0.25, -0.2) is 13.5 Å². The summed E-state index contributed by atoms with van der Waals surface area (Å²) in [6.07, 6.45) is 3.00. The molecule has 0 radical (unpaired) electrons. The molecule has 0 bridgehead atoms. The molecule has 1 aliphatic rings. The Morgan fingerprint density at radius 2 is 1.84 bits per heavy atom. The minimum atomic E-state index is -0.686. The van der Waals surface area contributed by atoms with E-state index in [1.54, 1.807) is 6.92 Å². The van der Waals surface area contributed by atoms with Gasteiger partial charge in [0, 0.05) is 52.1 Å². The van der Waals surface area contributed by atoms with E-state index in [9.17, 15) is 13.6 Å². The first-order valence-corrected chi connectivity index (χ1v) is 10.0. The van der Waals surface area contributed by atoms with Crippen LogP contribution in [0.2, 0.25) is 0 Å². The topological polar surface area (TPSA) is 72.3 Å². The number of ether oxygens (including phenoxy) is 1. The van der Waals surface area contributed by atoms with Crippen LogP contribution < -0.4 is 10.1 Å². The highest BCUT2D eigenvalue weighted by Gasteiger charge is 2.22. The minimum Gasteiger partial charge on any atom is -0.490 e. The van der Waals surface area contributed by atoms with Gasteiger partial charge in [-0.2, -0.15) is 4.98 Å². The maximum atomic E-state index is 13.5. The zero-order chi connectivity index (χ0) is 22.0. The Morgan fingerprint density at radius 3 is 2.52 bits per heavy atom. The molecule has 0 saturated carbocycles. The van der Waals surface area contributed by atoms with Crippen LogP contribution in [0.5, 0.6) is 5.75 Å². The molecule has 1 N–H and O–H groups in total. The number of halogens is 2. The third kappa shape index (κ3) is 5.17. The molecule has 0 atom stereocenters. The molecule has 9 heteroatoms. The number of hydrogen-bond acceptors (Lipinski definition) is 5. The Morgan fingerprint density at radius 1 is 1.13 bits per heavy atom. The summed E-state index contributed by atoms with van der Waals surface area (Å²) in [7, 11) is 0. The molecule has 0 spiro atoms. The number of carbonyl (C=O) groups is 1. The fourth-order valence-electron chi connectivity index (χ4n) is 3.61. The number of rotatable bonds is 5. The van der Waals surface area contributed by atoms with Crippen LogP contribution in [0.3, 0.4) is 0 Å². The molecule has 2 heterocycles. The van der Waals surface area contributed by atoms with E-state index in [0.717, 1.165) is 35.9 Å². The summed E-state index contributed by atoms with van der Waals surface area (Å²) in [5, 5.41) is 7.34. The standard InChI is InChI=1S/C22H23F2N5O2.H2/c1-14-7-18(12-21(8-14)31-20-3-5-28(6-4-20)15(2)30)26-22-25-13-29(27-22)19-10-16(23)9-17(24)11-19;/h7-13,20H,3-6H2,1-2H3,(H,26,27);1H. The smallest absolute Gasteiger partial charge is 0.246 e. The van der Waals surface area contributed by atoms with Crippen molar-refractivity contribution in [2.45, 2.75) is 32.8 Å². The van der Waals surface area contributed by atoms with E-state index >= 15 is 0 Å². The van der Waals surface area contributed by atoms with Gasteiger partial charge in [-0.15, -0.1) is 5.10 Å². The van der Waals surface area contributed by atoms with Gasteiger partial charge in [0.1, 0.15) is 29.8 Å². The molecule has 4 rings (SSSR count). The molecule has 1 aliphatic heterocycles. The molecule has 164 valence electrons. The summed E-state index contributed by atoms with van der Waals surface area (Å²) in [4.78, 5) is 17.5. The zero-order valence-electron chi connectivity index (χ0n) is 17.3. The SMILES string of the molecule is CC(=O)N1CCC(Oc2cc(C)cc(Nc3ncn(-c4cc(F)cc(F)c4)n3)c2)CC1.[HH]. The molecule has 0 unspecified atom stereocenters. The lowest BCUT2D eigenvalue weighted by Gasteiger charge is -2.31. The van der Waals surface area contributed by atoms with Gasteiger partial charge in [0.2, 0.25) is 11.9 Å². The Bertz CT molecular complexity index is 1080. The minimum absolute atomic E-state index is 0. The Hall–Kier alpha value is -3.49. The van der Waals surface area contributed by atoms with Crippen LogP contribution in [0.15, 0.2) is 42.7 Å². The van der Waals surface area contributed by atoms with Crippen LogP contribution in [0.1, 0.15) is 26.8 Å². The first kappa shape index (κ1) is 20.8. The lowest BCUT2D eigenvalue weighted by molar-refractivity contribution is -0.130. The third-order valence-electron chi connectivity index (χ3n) is 5.10. The molecule has 31 heavy (non-hydrogen) atoms. The second kappa shape index (κ2) is 8.71. The predicted molar refractivity (Wildman–Crippen MR) is 114 cm³/mol. The average molecular weight is 429 g/mol. The summed E-state index contributed by atoms with van der Waals surface area (Å²) in [6.45, 7) is 4.93. The van der Waals surface area contributed by atoms with Crippen molar-refractivity contribution in [3.05, 3.63) is 59.9 Å². The van der Waals surface area contributed by atoms with Gasteiger partial charge < -0.3 is 15.0 Å². The van der Waals surface area contributed by atoms with Crippen molar-refractivity contribution in [1.29, 1.82) is 0 Å². The van der Waals surface area contributed by atoms with Gasteiger partial charge in [-0.3, -0.25) is 4.79 Å². The zero-order valence-corrected chi connectivity index (χ0v) is 17.3. The number of nitrogens with zero attached hydrogens (tertiary/aromatic N) is 4. The number of piperidine rings is 1. The Balaban J connectivity index is 0.00000289. The largest absolute Gasteiger partial charge is 0.490 e. The van der Waals surface area contributed by atoms with Crippen molar-refractivity contribution >= 4 is 17.5 Å². The first-order valence-electron chi connectivity index (χ1n) is 10.0. The molecule has 2 aromatic carbocycles. The molecule has 0 aliphatic carbocycles. The molecular formula is C22H25F2N5O2. The third-order valence-corrected chi connectivity index (χ3v) is 5.10. The van der Waals surface area contributed by atoms with Crippen molar-refractivity contribution in [3.63, 3.8) is 0 Å². The van der Waals surface area contributed by atoms with Crippen molar-refractivity contribution in [2.24, 2.45) is 0 Å². The van der Waals surface area contributed by atoms with E-state index in [1.165, 1.54) is 23.1 Å². The first-order chi connectivity index (χ1) is 14.9. The Kier molecular flexibility index (Phi) is 5.83. The number of likely N-dealkylation sites (tertiary alicyclic amines) is 1. The molecule has 3 aromatic rings. The number of aryl methyl sites for hydroxylation is 1. The second-order valence-electron chi connectivity index (χ2n) is 7.62. The predicted octanol–water partition coefficient (Wildman–Crippen LogP) is 4.23. The van der Waals surface area contributed by atoms with Crippen LogP contribution in [0.25, 0.3) is 5.69 Å². The van der Waals surface area contributed by atoms with Crippen LogP contribution >= 0.6 is 0 Å². The van der Waals surface area contributed by atoms with Crippen LogP contribution in [-0.2, 0) is 4.79 Å². The number of nitrogens with one attached hydrogen (secondary N) is 1. The lowest BCUT2D eigenvalue weighted by Crippen LogP contribution is -2.40. The van der Waals surface area contributed by atoms with Crippen molar-refractivity contribution in [1.82, 2.24) is 19.7 Å². The molecule has 1 amide bonds. The van der Waals surface area contributed by atoms with Gasteiger partial charge in [0.05, 0.1) is 5.69 Å².